The molecule has 0 aliphatic heterocycles. The fourth-order valence-corrected chi connectivity index (χ4v) is 0.925. The van der Waals surface area contributed by atoms with Gasteiger partial charge in [-0.05, 0) is 31.1 Å². The van der Waals surface area contributed by atoms with Gasteiger partial charge in [-0.1, -0.05) is 25.5 Å². The SMILES string of the molecule is CCC\C=C/C=C(S)\C(C)=C\C=N. The highest BCUT2D eigenvalue weighted by molar-refractivity contribution is 7.84. The third kappa shape index (κ3) is 6.41. The molecule has 0 saturated carbocycles. The van der Waals surface area contributed by atoms with E-state index in [-0.39, 0.29) is 0 Å². The molecule has 0 unspecified atom stereocenters. The summed E-state index contributed by atoms with van der Waals surface area (Å²) in [6.45, 7) is 4.09. The standard InChI is InChI=1S/C11H17NS/c1-3-4-5-6-7-11(13)10(2)8-9-12/h5-9,12-13H,3-4H2,1-2H3/b6-5-,10-8+,11-7+,12-9?. The van der Waals surface area contributed by atoms with E-state index in [1.165, 1.54) is 12.6 Å². The van der Waals surface area contributed by atoms with Gasteiger partial charge < -0.3 is 5.41 Å². The third-order valence-electron chi connectivity index (χ3n) is 1.58. The third-order valence-corrected chi connectivity index (χ3v) is 2.08. The molecule has 0 atom stereocenters. The van der Waals surface area contributed by atoms with Crippen molar-refractivity contribution < 1.29 is 0 Å². The van der Waals surface area contributed by atoms with Gasteiger partial charge in [0.25, 0.3) is 0 Å². The van der Waals surface area contributed by atoms with Crippen LogP contribution in [-0.4, -0.2) is 6.21 Å². The fourth-order valence-electron chi connectivity index (χ4n) is 0.764. The number of hydrogen-bond donors (Lipinski definition) is 2. The predicted octanol–water partition coefficient (Wildman–Crippen LogP) is 3.75. The van der Waals surface area contributed by atoms with E-state index >= 15 is 0 Å². The minimum Gasteiger partial charge on any atom is -0.309 e. The summed E-state index contributed by atoms with van der Waals surface area (Å²) >= 11 is 4.30. The van der Waals surface area contributed by atoms with Gasteiger partial charge in [0.15, 0.2) is 0 Å². The van der Waals surface area contributed by atoms with Gasteiger partial charge >= 0.3 is 0 Å². The Morgan fingerprint density at radius 2 is 2.08 bits per heavy atom. The molecule has 0 radical (unpaired) electrons. The normalized spacial score (nSPS) is 13.8. The van der Waals surface area contributed by atoms with Gasteiger partial charge in [-0.3, -0.25) is 0 Å². The van der Waals surface area contributed by atoms with Crippen LogP contribution in [0.5, 0.6) is 0 Å². The van der Waals surface area contributed by atoms with Crippen LogP contribution in [0.2, 0.25) is 0 Å². The maximum atomic E-state index is 6.89. The van der Waals surface area contributed by atoms with Crippen molar-refractivity contribution in [2.45, 2.75) is 26.7 Å². The van der Waals surface area contributed by atoms with Crippen molar-refractivity contribution in [3.8, 4) is 0 Å². The number of rotatable bonds is 5. The van der Waals surface area contributed by atoms with Crippen LogP contribution in [0.4, 0.5) is 0 Å². The smallest absolute Gasteiger partial charge is 0.0180 e. The molecule has 0 aliphatic carbocycles. The lowest BCUT2D eigenvalue weighted by Gasteiger charge is -1.95. The fraction of sp³-hybridized carbons (Fsp3) is 0.364. The second kappa shape index (κ2) is 7.87. The number of unbranched alkanes of at least 4 members (excludes halogenated alkanes) is 1. The van der Waals surface area contributed by atoms with Gasteiger partial charge in [-0.15, -0.1) is 12.6 Å². The monoisotopic (exact) mass is 195 g/mol. The molecule has 13 heavy (non-hydrogen) atoms. The zero-order valence-corrected chi connectivity index (χ0v) is 9.14. The number of thiol groups is 1. The number of nitrogens with one attached hydrogen (secondary N) is 1. The van der Waals surface area contributed by atoms with Crippen molar-refractivity contribution in [3.05, 3.63) is 34.8 Å². The molecule has 2 heteroatoms. The van der Waals surface area contributed by atoms with Gasteiger partial charge in [-0.25, -0.2) is 0 Å². The van der Waals surface area contributed by atoms with E-state index in [2.05, 4.69) is 25.6 Å². The minimum absolute atomic E-state index is 0.913. The molecule has 0 rings (SSSR count). The van der Waals surface area contributed by atoms with Gasteiger partial charge in [0.05, 0.1) is 0 Å². The topological polar surface area (TPSA) is 23.9 Å². The second-order valence-corrected chi connectivity index (χ2v) is 3.27. The Morgan fingerprint density at radius 3 is 2.62 bits per heavy atom. The van der Waals surface area contributed by atoms with Crippen molar-refractivity contribution >= 4 is 18.8 Å². The lowest BCUT2D eigenvalue weighted by Crippen LogP contribution is -1.75. The summed E-state index contributed by atoms with van der Waals surface area (Å²) in [4.78, 5) is 0.913. The summed E-state index contributed by atoms with van der Waals surface area (Å²) in [7, 11) is 0. The molecule has 0 fully saturated rings. The van der Waals surface area contributed by atoms with Crippen LogP contribution >= 0.6 is 12.6 Å². The van der Waals surface area contributed by atoms with E-state index in [1.807, 2.05) is 19.1 Å². The molecule has 0 saturated heterocycles. The van der Waals surface area contributed by atoms with E-state index in [0.29, 0.717) is 0 Å². The zero-order valence-electron chi connectivity index (χ0n) is 8.25. The molecule has 0 heterocycles. The Balaban J connectivity index is 4.16. The van der Waals surface area contributed by atoms with Crippen LogP contribution in [-0.2, 0) is 0 Å². The zero-order chi connectivity index (χ0) is 10.1. The van der Waals surface area contributed by atoms with E-state index in [0.717, 1.165) is 16.9 Å². The first-order chi connectivity index (χ1) is 6.22. The summed E-state index contributed by atoms with van der Waals surface area (Å²) in [6, 6.07) is 0. The van der Waals surface area contributed by atoms with E-state index < -0.39 is 0 Å². The van der Waals surface area contributed by atoms with Crippen LogP contribution in [0, 0.1) is 5.41 Å². The average Bonchev–Trinajstić information content (AvgIpc) is 2.12. The van der Waals surface area contributed by atoms with Gasteiger partial charge in [-0.2, -0.15) is 0 Å². The molecular formula is C11H17NS. The molecule has 0 amide bonds. The number of hydrogen-bond acceptors (Lipinski definition) is 2. The van der Waals surface area contributed by atoms with Crippen molar-refractivity contribution in [1.29, 1.82) is 5.41 Å². The molecule has 0 aromatic rings. The van der Waals surface area contributed by atoms with Crippen LogP contribution < -0.4 is 0 Å². The lowest BCUT2D eigenvalue weighted by molar-refractivity contribution is 0.959. The average molecular weight is 195 g/mol. The maximum absolute atomic E-state index is 6.89. The summed E-state index contributed by atoms with van der Waals surface area (Å²) in [5.74, 6) is 0. The van der Waals surface area contributed by atoms with E-state index in [4.69, 9.17) is 5.41 Å². The van der Waals surface area contributed by atoms with Crippen molar-refractivity contribution in [2.24, 2.45) is 0 Å². The summed E-state index contributed by atoms with van der Waals surface area (Å²) < 4.78 is 0. The molecular weight excluding hydrogens is 178 g/mol. The summed E-state index contributed by atoms with van der Waals surface area (Å²) in [6.07, 6.45) is 11.4. The molecule has 1 nitrogen and oxygen atoms in total. The molecule has 0 aromatic heterocycles. The highest BCUT2D eigenvalue weighted by Crippen LogP contribution is 2.12. The minimum atomic E-state index is 0.913. The predicted molar refractivity (Wildman–Crippen MR) is 63.7 cm³/mol. The number of allylic oxidation sites excluding steroid dienone is 5. The van der Waals surface area contributed by atoms with Crippen LogP contribution in [0.25, 0.3) is 0 Å². The van der Waals surface area contributed by atoms with Gasteiger partial charge in [0.2, 0.25) is 0 Å². The van der Waals surface area contributed by atoms with Crippen LogP contribution in [0.15, 0.2) is 34.8 Å². The molecule has 0 bridgehead atoms. The van der Waals surface area contributed by atoms with Crippen molar-refractivity contribution in [1.82, 2.24) is 0 Å². The first kappa shape index (κ1) is 12.2. The Morgan fingerprint density at radius 1 is 1.38 bits per heavy atom. The van der Waals surface area contributed by atoms with Crippen molar-refractivity contribution in [3.63, 3.8) is 0 Å². The van der Waals surface area contributed by atoms with Crippen LogP contribution in [0.1, 0.15) is 26.7 Å². The molecule has 1 N–H and O–H groups in total. The molecule has 0 aromatic carbocycles. The van der Waals surface area contributed by atoms with E-state index in [1.54, 1.807) is 6.08 Å². The highest BCUT2D eigenvalue weighted by Gasteiger charge is 1.89. The van der Waals surface area contributed by atoms with Crippen molar-refractivity contribution in [2.75, 3.05) is 0 Å². The molecule has 0 aliphatic rings. The molecule has 72 valence electrons. The Kier molecular flexibility index (Phi) is 7.41. The van der Waals surface area contributed by atoms with Gasteiger partial charge in [0, 0.05) is 11.1 Å². The first-order valence-corrected chi connectivity index (χ1v) is 4.90. The second-order valence-electron chi connectivity index (χ2n) is 2.79. The Hall–Kier alpha value is -0.760. The Labute approximate surface area is 86.2 Å². The summed E-state index contributed by atoms with van der Waals surface area (Å²) in [5.41, 5.74) is 1.01. The first-order valence-electron chi connectivity index (χ1n) is 4.45. The highest BCUT2D eigenvalue weighted by atomic mass is 32.1. The lowest BCUT2D eigenvalue weighted by atomic mass is 10.2. The largest absolute Gasteiger partial charge is 0.309 e. The van der Waals surface area contributed by atoms with Gasteiger partial charge in [0.1, 0.15) is 0 Å². The Bertz CT molecular complexity index is 236. The van der Waals surface area contributed by atoms with E-state index in [9.17, 15) is 0 Å². The summed E-state index contributed by atoms with van der Waals surface area (Å²) in [5, 5.41) is 6.89. The van der Waals surface area contributed by atoms with Crippen LogP contribution in [0.3, 0.4) is 0 Å². The molecule has 0 spiro atoms. The quantitative estimate of drug-likeness (QED) is 0.379. The maximum Gasteiger partial charge on any atom is 0.0180 e.